The summed E-state index contributed by atoms with van der Waals surface area (Å²) in [7, 11) is 1.68. The molecule has 0 spiro atoms. The second kappa shape index (κ2) is 5.48. The summed E-state index contributed by atoms with van der Waals surface area (Å²) in [4.78, 5) is 25.0. The molecule has 1 N–H and O–H groups in total. The molecule has 1 aliphatic heterocycles. The minimum Gasteiger partial charge on any atom is -0.340 e. The zero-order valence-electron chi connectivity index (χ0n) is 12.1. The summed E-state index contributed by atoms with van der Waals surface area (Å²) in [6.07, 6.45) is 5.69. The van der Waals surface area contributed by atoms with Gasteiger partial charge in [-0.05, 0) is 32.2 Å². The molecule has 2 heterocycles. The number of carbonyl (C=O) groups is 1. The van der Waals surface area contributed by atoms with E-state index >= 15 is 0 Å². The lowest BCUT2D eigenvalue weighted by atomic mass is 10.2. The lowest BCUT2D eigenvalue weighted by Crippen LogP contribution is -2.42. The maximum absolute atomic E-state index is 12.7. The molecule has 1 aromatic heterocycles. The number of aryl methyl sites for hydroxylation is 1. The maximum atomic E-state index is 12.7. The summed E-state index contributed by atoms with van der Waals surface area (Å²) in [5.41, 5.74) is 0.363. The molecule has 1 aromatic rings. The molecule has 7 nitrogen and oxygen atoms in total. The van der Waals surface area contributed by atoms with Crippen LogP contribution in [0.5, 0.6) is 0 Å². The van der Waals surface area contributed by atoms with Crippen molar-refractivity contribution in [1.82, 2.24) is 14.8 Å². The summed E-state index contributed by atoms with van der Waals surface area (Å²) < 4.78 is 1.55. The fourth-order valence-electron chi connectivity index (χ4n) is 2.94. The van der Waals surface area contributed by atoms with Crippen LogP contribution >= 0.6 is 0 Å². The summed E-state index contributed by atoms with van der Waals surface area (Å²) in [5, 5.41) is 14.2. The number of hydrogen-bond donors (Lipinski definition) is 1. The molecule has 0 radical (unpaired) electrons. The van der Waals surface area contributed by atoms with Crippen molar-refractivity contribution in [1.29, 1.82) is 0 Å². The van der Waals surface area contributed by atoms with Crippen LogP contribution in [0.2, 0.25) is 0 Å². The van der Waals surface area contributed by atoms with E-state index in [4.69, 9.17) is 0 Å². The van der Waals surface area contributed by atoms with Gasteiger partial charge in [-0.2, -0.15) is 0 Å². The number of carbonyl (C=O) groups excluding carboxylic acids is 1. The largest absolute Gasteiger partial charge is 0.340 e. The highest BCUT2D eigenvalue weighted by molar-refractivity contribution is 5.94. The summed E-state index contributed by atoms with van der Waals surface area (Å²) in [5.74, 6) is -0.0956. The first-order valence-corrected chi connectivity index (χ1v) is 7.41. The SMILES string of the molecule is Cn1cc([N+](=O)[O-])cc1C(=O)N(CC1CCCN1)C1CC1. The zero-order valence-corrected chi connectivity index (χ0v) is 12.1. The molecule has 3 rings (SSSR count). The highest BCUT2D eigenvalue weighted by atomic mass is 16.6. The molecule has 2 fully saturated rings. The van der Waals surface area contributed by atoms with Gasteiger partial charge in [-0.3, -0.25) is 14.9 Å². The van der Waals surface area contributed by atoms with Gasteiger partial charge in [-0.25, -0.2) is 0 Å². The van der Waals surface area contributed by atoms with Crippen LogP contribution < -0.4 is 5.32 Å². The molecule has 0 aromatic carbocycles. The molecular formula is C14H20N4O3. The lowest BCUT2D eigenvalue weighted by Gasteiger charge is -2.26. The van der Waals surface area contributed by atoms with E-state index in [1.807, 2.05) is 4.90 Å². The predicted octanol–water partition coefficient (Wildman–Crippen LogP) is 1.29. The fourth-order valence-corrected chi connectivity index (χ4v) is 2.94. The first-order valence-electron chi connectivity index (χ1n) is 7.41. The second-order valence-electron chi connectivity index (χ2n) is 5.93. The van der Waals surface area contributed by atoms with Crippen LogP contribution in [-0.4, -0.2) is 45.5 Å². The molecule has 21 heavy (non-hydrogen) atoms. The average Bonchev–Trinajstić information content (AvgIpc) is 3.00. The fraction of sp³-hybridized carbons (Fsp3) is 0.643. The van der Waals surface area contributed by atoms with Crippen LogP contribution in [0.4, 0.5) is 5.69 Å². The molecule has 1 saturated carbocycles. The van der Waals surface area contributed by atoms with Crippen molar-refractivity contribution in [2.24, 2.45) is 7.05 Å². The third kappa shape index (κ3) is 2.92. The van der Waals surface area contributed by atoms with Gasteiger partial charge in [-0.1, -0.05) is 0 Å². The Morgan fingerprint density at radius 3 is 2.81 bits per heavy atom. The Bertz CT molecular complexity index is 559. The Morgan fingerprint density at radius 2 is 2.29 bits per heavy atom. The highest BCUT2D eigenvalue weighted by Gasteiger charge is 2.36. The number of aromatic nitrogens is 1. The number of rotatable bonds is 5. The van der Waals surface area contributed by atoms with Crippen molar-refractivity contribution in [2.45, 2.75) is 37.8 Å². The van der Waals surface area contributed by atoms with E-state index in [-0.39, 0.29) is 11.6 Å². The van der Waals surface area contributed by atoms with Crippen molar-refractivity contribution in [3.63, 3.8) is 0 Å². The van der Waals surface area contributed by atoms with Gasteiger partial charge in [0, 0.05) is 31.7 Å². The Labute approximate surface area is 123 Å². The molecule has 7 heteroatoms. The van der Waals surface area contributed by atoms with E-state index in [0.29, 0.717) is 24.3 Å². The first kappa shape index (κ1) is 14.1. The minimum atomic E-state index is -0.462. The van der Waals surface area contributed by atoms with Crippen LogP contribution in [0.25, 0.3) is 0 Å². The first-order chi connectivity index (χ1) is 10.1. The van der Waals surface area contributed by atoms with Crippen LogP contribution in [-0.2, 0) is 7.05 Å². The third-order valence-electron chi connectivity index (χ3n) is 4.25. The molecule has 1 saturated heterocycles. The number of nitro groups is 1. The Morgan fingerprint density at radius 1 is 1.52 bits per heavy atom. The lowest BCUT2D eigenvalue weighted by molar-refractivity contribution is -0.384. The van der Waals surface area contributed by atoms with E-state index in [2.05, 4.69) is 5.32 Å². The predicted molar refractivity (Wildman–Crippen MR) is 77.2 cm³/mol. The van der Waals surface area contributed by atoms with E-state index in [9.17, 15) is 14.9 Å². The summed E-state index contributed by atoms with van der Waals surface area (Å²) >= 11 is 0. The van der Waals surface area contributed by atoms with Crippen molar-refractivity contribution in [3.8, 4) is 0 Å². The van der Waals surface area contributed by atoms with E-state index in [0.717, 1.165) is 32.2 Å². The van der Waals surface area contributed by atoms with Crippen LogP contribution in [0.1, 0.15) is 36.2 Å². The number of hydrogen-bond acceptors (Lipinski definition) is 4. The van der Waals surface area contributed by atoms with Crippen molar-refractivity contribution >= 4 is 11.6 Å². The molecule has 114 valence electrons. The Kier molecular flexibility index (Phi) is 3.67. The number of nitrogens with zero attached hydrogens (tertiary/aromatic N) is 3. The van der Waals surface area contributed by atoms with Gasteiger partial charge in [0.25, 0.3) is 11.6 Å². The molecular weight excluding hydrogens is 272 g/mol. The molecule has 1 atom stereocenters. The molecule has 2 aliphatic rings. The minimum absolute atomic E-state index is 0.0319. The molecule has 0 bridgehead atoms. The van der Waals surface area contributed by atoms with Gasteiger partial charge in [0.1, 0.15) is 5.69 Å². The molecule has 1 aliphatic carbocycles. The Hall–Kier alpha value is -1.89. The third-order valence-corrected chi connectivity index (χ3v) is 4.25. The second-order valence-corrected chi connectivity index (χ2v) is 5.93. The average molecular weight is 292 g/mol. The molecule has 1 unspecified atom stereocenters. The van der Waals surface area contributed by atoms with E-state index < -0.39 is 4.92 Å². The topological polar surface area (TPSA) is 80.4 Å². The van der Waals surface area contributed by atoms with E-state index in [1.54, 1.807) is 11.6 Å². The van der Waals surface area contributed by atoms with Gasteiger partial charge in [0.05, 0.1) is 11.1 Å². The highest BCUT2D eigenvalue weighted by Crippen LogP contribution is 2.30. The van der Waals surface area contributed by atoms with Gasteiger partial charge in [0.2, 0.25) is 0 Å². The zero-order chi connectivity index (χ0) is 15.0. The van der Waals surface area contributed by atoms with Crippen molar-refractivity contribution in [3.05, 3.63) is 28.1 Å². The van der Waals surface area contributed by atoms with E-state index in [1.165, 1.54) is 12.3 Å². The quantitative estimate of drug-likeness (QED) is 0.655. The molecule has 1 amide bonds. The van der Waals surface area contributed by atoms with Crippen LogP contribution in [0.3, 0.4) is 0 Å². The van der Waals surface area contributed by atoms with Gasteiger partial charge in [0.15, 0.2) is 0 Å². The maximum Gasteiger partial charge on any atom is 0.287 e. The normalized spacial score (nSPS) is 21.5. The number of amides is 1. The number of nitrogens with one attached hydrogen (secondary N) is 1. The summed E-state index contributed by atoms with van der Waals surface area (Å²) in [6.45, 7) is 1.70. The van der Waals surface area contributed by atoms with Crippen molar-refractivity contribution < 1.29 is 9.72 Å². The Balaban J connectivity index is 1.78. The van der Waals surface area contributed by atoms with Crippen molar-refractivity contribution in [2.75, 3.05) is 13.1 Å². The van der Waals surface area contributed by atoms with Crippen LogP contribution in [0, 0.1) is 10.1 Å². The van der Waals surface area contributed by atoms with Gasteiger partial charge >= 0.3 is 0 Å². The standard InChI is InChI=1S/C14H20N4O3/c1-16-9-12(18(20)21)7-13(16)14(19)17(11-4-5-11)8-10-3-2-6-15-10/h7,9-11,15H,2-6,8H2,1H3. The monoisotopic (exact) mass is 292 g/mol. The van der Waals surface area contributed by atoms with Gasteiger partial charge < -0.3 is 14.8 Å². The van der Waals surface area contributed by atoms with Crippen LogP contribution in [0.15, 0.2) is 12.3 Å². The van der Waals surface area contributed by atoms with Gasteiger partial charge in [-0.15, -0.1) is 0 Å². The summed E-state index contributed by atoms with van der Waals surface area (Å²) in [6, 6.07) is 2.03. The smallest absolute Gasteiger partial charge is 0.287 e.